The third-order valence-electron chi connectivity index (χ3n) is 5.65. The van der Waals surface area contributed by atoms with Crippen LogP contribution < -0.4 is 4.90 Å². The molecule has 0 fully saturated rings. The molecular formula is C27H25F3N2O2. The van der Waals surface area contributed by atoms with E-state index in [1.54, 1.807) is 36.4 Å². The predicted molar refractivity (Wildman–Crippen MR) is 127 cm³/mol. The van der Waals surface area contributed by atoms with E-state index in [2.05, 4.69) is 4.85 Å². The van der Waals surface area contributed by atoms with Gasteiger partial charge in [-0.2, -0.15) is 13.2 Å². The van der Waals surface area contributed by atoms with Gasteiger partial charge in [0.2, 0.25) is 0 Å². The van der Waals surface area contributed by atoms with Gasteiger partial charge in [-0.1, -0.05) is 44.2 Å². The average molecular weight is 467 g/mol. The molecule has 3 aromatic carbocycles. The summed E-state index contributed by atoms with van der Waals surface area (Å²) < 4.78 is 39.1. The largest absolute Gasteiger partial charge is 0.481 e. The Morgan fingerprint density at radius 3 is 2.09 bits per heavy atom. The molecule has 0 spiro atoms. The molecule has 0 aliphatic heterocycles. The van der Waals surface area contributed by atoms with Crippen molar-refractivity contribution in [3.8, 4) is 11.1 Å². The minimum absolute atomic E-state index is 0.137. The van der Waals surface area contributed by atoms with Gasteiger partial charge in [-0.15, -0.1) is 0 Å². The molecule has 1 unspecified atom stereocenters. The van der Waals surface area contributed by atoms with E-state index in [0.717, 1.165) is 17.8 Å². The first kappa shape index (κ1) is 24.8. The second kappa shape index (κ2) is 10.0. The van der Waals surface area contributed by atoms with Crippen molar-refractivity contribution in [1.29, 1.82) is 0 Å². The van der Waals surface area contributed by atoms with Crippen LogP contribution in [0.4, 0.5) is 30.2 Å². The quantitative estimate of drug-likeness (QED) is 0.360. The van der Waals surface area contributed by atoms with E-state index in [-0.39, 0.29) is 5.92 Å². The molecule has 3 aromatic rings. The molecule has 0 saturated carbocycles. The number of aliphatic carboxylic acids is 1. The number of carbonyl (C=O) groups is 1. The summed E-state index contributed by atoms with van der Waals surface area (Å²) in [5.41, 5.74) is 3.00. The molecule has 0 bridgehead atoms. The van der Waals surface area contributed by atoms with Crippen molar-refractivity contribution in [1.82, 2.24) is 0 Å². The number of hydrogen-bond donors (Lipinski definition) is 1. The first-order chi connectivity index (χ1) is 16.0. The highest BCUT2D eigenvalue weighted by atomic mass is 19.4. The highest BCUT2D eigenvalue weighted by Gasteiger charge is 2.30. The Balaban J connectivity index is 2.12. The number of rotatable bonds is 7. The van der Waals surface area contributed by atoms with Gasteiger partial charge in [-0.05, 0) is 65.4 Å². The predicted octanol–water partition coefficient (Wildman–Crippen LogP) is 7.91. The van der Waals surface area contributed by atoms with Crippen LogP contribution in [0.15, 0.2) is 66.7 Å². The fourth-order valence-electron chi connectivity index (χ4n) is 3.80. The monoisotopic (exact) mass is 466 g/mol. The van der Waals surface area contributed by atoms with Crippen LogP contribution in [-0.4, -0.2) is 18.1 Å². The fraction of sp³-hybridized carbons (Fsp3) is 0.259. The molecule has 1 atom stereocenters. The van der Waals surface area contributed by atoms with Gasteiger partial charge in [0.05, 0.1) is 18.1 Å². The van der Waals surface area contributed by atoms with Crippen molar-refractivity contribution in [3.63, 3.8) is 0 Å². The number of hydrogen-bond acceptors (Lipinski definition) is 2. The normalized spacial score (nSPS) is 12.3. The molecule has 0 heterocycles. The van der Waals surface area contributed by atoms with Crippen LogP contribution in [0.2, 0.25) is 0 Å². The van der Waals surface area contributed by atoms with Gasteiger partial charge in [0.1, 0.15) is 0 Å². The fourth-order valence-corrected chi connectivity index (χ4v) is 3.80. The van der Waals surface area contributed by atoms with Gasteiger partial charge in [0, 0.05) is 18.4 Å². The van der Waals surface area contributed by atoms with Gasteiger partial charge < -0.3 is 10.0 Å². The summed E-state index contributed by atoms with van der Waals surface area (Å²) in [5, 5.41) is 9.90. The summed E-state index contributed by atoms with van der Waals surface area (Å²) in [6.07, 6.45) is -4.01. The topological polar surface area (TPSA) is 44.9 Å². The number of halogens is 3. The van der Waals surface area contributed by atoms with Crippen LogP contribution in [0.3, 0.4) is 0 Å². The smallest absolute Gasteiger partial charge is 0.416 e. The Hall–Kier alpha value is -3.79. The van der Waals surface area contributed by atoms with Crippen molar-refractivity contribution in [2.75, 3.05) is 11.9 Å². The lowest BCUT2D eigenvalue weighted by molar-refractivity contribution is -0.139. The third-order valence-corrected chi connectivity index (χ3v) is 5.65. The van der Waals surface area contributed by atoms with E-state index >= 15 is 0 Å². The number of carboxylic acids is 1. The van der Waals surface area contributed by atoms with Crippen LogP contribution in [0.25, 0.3) is 16.0 Å². The van der Waals surface area contributed by atoms with Gasteiger partial charge in [-0.25, -0.2) is 4.85 Å². The highest BCUT2D eigenvalue weighted by molar-refractivity contribution is 5.80. The SMILES string of the molecule is [C-]#[N+]c1ccc(N(C)c2cc(-c3ccc(C(F)(F)F)cc3)cc(C(CC(C)C)C(=O)O)c2)cc1. The molecule has 0 radical (unpaired) electrons. The maximum absolute atomic E-state index is 13.0. The Bertz CT molecular complexity index is 1190. The molecule has 0 aromatic heterocycles. The van der Waals surface area contributed by atoms with Crippen molar-refractivity contribution >= 4 is 23.0 Å². The molecular weight excluding hydrogens is 441 g/mol. The van der Waals surface area contributed by atoms with Gasteiger partial charge >= 0.3 is 12.1 Å². The number of anilines is 2. The van der Waals surface area contributed by atoms with E-state index in [4.69, 9.17) is 6.57 Å². The molecule has 0 aliphatic carbocycles. The van der Waals surface area contributed by atoms with Crippen molar-refractivity contribution < 1.29 is 23.1 Å². The molecule has 0 aliphatic rings. The van der Waals surface area contributed by atoms with Crippen molar-refractivity contribution in [3.05, 3.63) is 89.3 Å². The minimum atomic E-state index is -4.44. The number of benzene rings is 3. The Labute approximate surface area is 197 Å². The standard InChI is InChI=1S/C27H25F3N2O2/c1-17(2)13-25(26(33)34)20-14-19(18-5-7-21(8-6-18)27(28,29)30)15-24(16-20)32(4)23-11-9-22(31-3)10-12-23/h5-12,14-17,25H,13H2,1-2,4H3,(H,33,34). The minimum Gasteiger partial charge on any atom is -0.481 e. The highest BCUT2D eigenvalue weighted by Crippen LogP contribution is 2.36. The zero-order valence-electron chi connectivity index (χ0n) is 19.1. The summed E-state index contributed by atoms with van der Waals surface area (Å²) in [5.74, 6) is -1.57. The van der Waals surface area contributed by atoms with E-state index < -0.39 is 23.6 Å². The maximum Gasteiger partial charge on any atom is 0.416 e. The number of alkyl halides is 3. The summed E-state index contributed by atoms with van der Waals surface area (Å²) in [4.78, 5) is 17.3. The summed E-state index contributed by atoms with van der Waals surface area (Å²) in [6.45, 7) is 11.0. The maximum atomic E-state index is 13.0. The molecule has 4 nitrogen and oxygen atoms in total. The van der Waals surface area contributed by atoms with E-state index in [0.29, 0.717) is 34.5 Å². The summed E-state index contributed by atoms with van der Waals surface area (Å²) in [7, 11) is 1.82. The zero-order chi connectivity index (χ0) is 25.0. The zero-order valence-corrected chi connectivity index (χ0v) is 19.1. The van der Waals surface area contributed by atoms with Crippen LogP contribution >= 0.6 is 0 Å². The number of nitrogens with zero attached hydrogens (tertiary/aromatic N) is 2. The lowest BCUT2D eigenvalue weighted by Crippen LogP contribution is -2.16. The number of carboxylic acid groups (broad SMARTS) is 1. The second-order valence-corrected chi connectivity index (χ2v) is 8.60. The lowest BCUT2D eigenvalue weighted by Gasteiger charge is -2.24. The second-order valence-electron chi connectivity index (χ2n) is 8.60. The van der Waals surface area contributed by atoms with Crippen LogP contribution in [0, 0.1) is 12.5 Å². The summed E-state index contributed by atoms with van der Waals surface area (Å²) >= 11 is 0. The van der Waals surface area contributed by atoms with E-state index in [1.165, 1.54) is 12.1 Å². The molecule has 34 heavy (non-hydrogen) atoms. The van der Waals surface area contributed by atoms with Gasteiger partial charge in [0.15, 0.2) is 5.69 Å². The Morgan fingerprint density at radius 1 is 0.971 bits per heavy atom. The van der Waals surface area contributed by atoms with Crippen LogP contribution in [0.1, 0.15) is 37.3 Å². The molecule has 0 amide bonds. The van der Waals surface area contributed by atoms with Gasteiger partial charge in [0.25, 0.3) is 0 Å². The Morgan fingerprint density at radius 2 is 1.59 bits per heavy atom. The first-order valence-electron chi connectivity index (χ1n) is 10.8. The molecule has 176 valence electrons. The molecule has 0 saturated heterocycles. The Kier molecular flexibility index (Phi) is 7.31. The summed E-state index contributed by atoms with van der Waals surface area (Å²) in [6, 6.07) is 17.2. The van der Waals surface area contributed by atoms with Crippen LogP contribution in [0.5, 0.6) is 0 Å². The molecule has 1 N–H and O–H groups in total. The van der Waals surface area contributed by atoms with E-state index in [1.807, 2.05) is 31.9 Å². The van der Waals surface area contributed by atoms with Crippen molar-refractivity contribution in [2.24, 2.45) is 5.92 Å². The first-order valence-corrected chi connectivity index (χ1v) is 10.8. The van der Waals surface area contributed by atoms with Crippen LogP contribution in [-0.2, 0) is 11.0 Å². The molecule has 3 rings (SSSR count). The molecule has 7 heteroatoms. The van der Waals surface area contributed by atoms with Crippen molar-refractivity contribution in [2.45, 2.75) is 32.4 Å². The van der Waals surface area contributed by atoms with Gasteiger partial charge in [-0.3, -0.25) is 4.79 Å². The van der Waals surface area contributed by atoms with E-state index in [9.17, 15) is 23.1 Å². The average Bonchev–Trinajstić information content (AvgIpc) is 2.81. The lowest BCUT2D eigenvalue weighted by atomic mass is 9.88. The third kappa shape index (κ3) is 5.76.